The highest BCUT2D eigenvalue weighted by molar-refractivity contribution is 7.61. The molecule has 3 N–H and O–H groups in total. The van der Waals surface area contributed by atoms with Crippen molar-refractivity contribution in [1.82, 2.24) is 0 Å². The molecule has 21 heavy (non-hydrogen) atoms. The third-order valence-corrected chi connectivity index (χ3v) is 5.19. The first-order valence-electron chi connectivity index (χ1n) is 6.62. The molecule has 128 valence electrons. The minimum absolute atomic E-state index is 0.0885. The lowest BCUT2D eigenvalue weighted by Gasteiger charge is -2.24. The summed E-state index contributed by atoms with van der Waals surface area (Å²) in [5, 5.41) is 18.2. The molecule has 0 aromatic heterocycles. The first-order chi connectivity index (χ1) is 9.54. The molecule has 0 rings (SSSR count). The Bertz CT molecular complexity index is 379. The van der Waals surface area contributed by atoms with Crippen LogP contribution in [0.25, 0.3) is 0 Å². The smallest absolute Gasteiger partial charge is 0.343 e. The van der Waals surface area contributed by atoms with Crippen LogP contribution in [0.2, 0.25) is 0 Å². The van der Waals surface area contributed by atoms with Crippen molar-refractivity contribution < 1.29 is 42.1 Å². The zero-order valence-corrected chi connectivity index (χ0v) is 14.2. The van der Waals surface area contributed by atoms with Crippen molar-refractivity contribution in [2.24, 2.45) is 0 Å². The van der Waals surface area contributed by atoms with Gasteiger partial charge in [-0.1, -0.05) is 26.7 Å². The van der Waals surface area contributed by atoms with Gasteiger partial charge in [0.1, 0.15) is 0 Å². The van der Waals surface area contributed by atoms with Crippen molar-refractivity contribution in [2.75, 3.05) is 13.2 Å². The Morgan fingerprint density at radius 2 is 1.48 bits per heavy atom. The van der Waals surface area contributed by atoms with E-state index in [0.29, 0.717) is 25.7 Å². The summed E-state index contributed by atoms with van der Waals surface area (Å²) in [5.74, 6) is -2.86. The summed E-state index contributed by atoms with van der Waals surface area (Å²) in [6, 6.07) is 0. The van der Waals surface area contributed by atoms with E-state index in [1.807, 2.05) is 13.8 Å². The number of unbranched alkanes of at least 4 members (excludes halogenated alkanes) is 2. The lowest BCUT2D eigenvalue weighted by molar-refractivity contribution is -0.285. The van der Waals surface area contributed by atoms with Gasteiger partial charge in [-0.05, 0) is 12.8 Å². The maximum absolute atomic E-state index is 12.2. The van der Waals surface area contributed by atoms with Crippen molar-refractivity contribution in [2.45, 2.75) is 52.4 Å². The van der Waals surface area contributed by atoms with Crippen LogP contribution in [0, 0.1) is 0 Å². The second-order valence-corrected chi connectivity index (χ2v) is 7.58. The standard InChI is InChI=1S/C10H24O9P2/c1-4-6-8-16-20(13,14)19-21(15,17-9-7-5-2)18-10(3,11)12/h11-12H,4-9H2,1-3H3,(H,13,14). The lowest BCUT2D eigenvalue weighted by Crippen LogP contribution is -2.26. The van der Waals surface area contributed by atoms with Gasteiger partial charge in [-0.25, -0.2) is 13.7 Å². The van der Waals surface area contributed by atoms with Crippen molar-refractivity contribution in [3.05, 3.63) is 0 Å². The Balaban J connectivity index is 4.79. The van der Waals surface area contributed by atoms with Gasteiger partial charge in [0.15, 0.2) is 0 Å². The fraction of sp³-hybridized carbons (Fsp3) is 1.00. The predicted octanol–water partition coefficient (Wildman–Crippen LogP) is 2.52. The second kappa shape index (κ2) is 9.35. The topological polar surface area (TPSA) is 132 Å². The van der Waals surface area contributed by atoms with E-state index in [9.17, 15) is 14.0 Å². The molecule has 2 atom stereocenters. The van der Waals surface area contributed by atoms with Crippen molar-refractivity contribution in [3.8, 4) is 0 Å². The Labute approximate surface area is 124 Å². The number of rotatable bonds is 12. The van der Waals surface area contributed by atoms with Gasteiger partial charge < -0.3 is 15.1 Å². The van der Waals surface area contributed by atoms with E-state index in [0.717, 1.165) is 6.92 Å². The Morgan fingerprint density at radius 3 is 1.90 bits per heavy atom. The summed E-state index contributed by atoms with van der Waals surface area (Å²) < 4.78 is 41.8. The van der Waals surface area contributed by atoms with Crippen LogP contribution in [0.1, 0.15) is 46.5 Å². The minimum Gasteiger partial charge on any atom is -0.343 e. The minimum atomic E-state index is -4.71. The Morgan fingerprint density at radius 1 is 1.00 bits per heavy atom. The third-order valence-electron chi connectivity index (χ3n) is 1.99. The molecule has 11 heteroatoms. The van der Waals surface area contributed by atoms with Crippen molar-refractivity contribution in [3.63, 3.8) is 0 Å². The molecule has 0 saturated carbocycles. The van der Waals surface area contributed by atoms with Crippen LogP contribution in [0.4, 0.5) is 0 Å². The Hall–Kier alpha value is 0.180. The highest BCUT2D eigenvalue weighted by Crippen LogP contribution is 2.64. The van der Waals surface area contributed by atoms with E-state index in [-0.39, 0.29) is 13.2 Å². The quantitative estimate of drug-likeness (QED) is 0.276. The molecule has 0 aliphatic carbocycles. The van der Waals surface area contributed by atoms with Crippen LogP contribution in [-0.2, 0) is 27.0 Å². The first-order valence-corrected chi connectivity index (χ1v) is 9.58. The molecule has 9 nitrogen and oxygen atoms in total. The average molecular weight is 350 g/mol. The normalized spacial score (nSPS) is 18.2. The van der Waals surface area contributed by atoms with Gasteiger partial charge in [-0.15, -0.1) is 0 Å². The zero-order valence-electron chi connectivity index (χ0n) is 12.4. The summed E-state index contributed by atoms with van der Waals surface area (Å²) in [7, 11) is -9.39. The van der Waals surface area contributed by atoms with Gasteiger partial charge in [-0.3, -0.25) is 9.05 Å². The van der Waals surface area contributed by atoms with E-state index in [2.05, 4.69) is 13.4 Å². The van der Waals surface area contributed by atoms with E-state index in [4.69, 9.17) is 14.7 Å². The Kier molecular flexibility index (Phi) is 9.43. The fourth-order valence-electron chi connectivity index (χ4n) is 1.07. The number of hydrogen-bond acceptors (Lipinski definition) is 8. The number of aliphatic hydroxyl groups is 2. The van der Waals surface area contributed by atoms with Gasteiger partial charge in [0.25, 0.3) is 5.97 Å². The molecule has 0 aromatic carbocycles. The van der Waals surface area contributed by atoms with E-state index in [1.165, 1.54) is 0 Å². The molecule has 0 aliphatic heterocycles. The summed E-state index contributed by atoms with van der Waals surface area (Å²) in [6.07, 6.45) is 2.37. The van der Waals surface area contributed by atoms with Gasteiger partial charge in [-0.2, -0.15) is 4.31 Å². The number of phosphoric ester groups is 2. The van der Waals surface area contributed by atoms with E-state index in [1.54, 1.807) is 0 Å². The van der Waals surface area contributed by atoms with Gasteiger partial charge in [0, 0.05) is 6.92 Å². The van der Waals surface area contributed by atoms with Gasteiger partial charge in [0.2, 0.25) is 0 Å². The molecule has 0 amide bonds. The van der Waals surface area contributed by atoms with Gasteiger partial charge in [0.05, 0.1) is 13.2 Å². The maximum atomic E-state index is 12.2. The summed E-state index contributed by atoms with van der Waals surface area (Å²) >= 11 is 0. The maximum Gasteiger partial charge on any atom is 0.488 e. The molecule has 0 spiro atoms. The summed E-state index contributed by atoms with van der Waals surface area (Å²) in [5.41, 5.74) is 0. The molecule has 0 aromatic rings. The predicted molar refractivity (Wildman–Crippen MR) is 74.2 cm³/mol. The SMILES string of the molecule is CCCCOP(=O)(O)OP(=O)(OCCCC)OC(C)(O)O. The molecule has 0 bridgehead atoms. The largest absolute Gasteiger partial charge is 0.488 e. The van der Waals surface area contributed by atoms with Crippen LogP contribution >= 0.6 is 15.6 Å². The monoisotopic (exact) mass is 350 g/mol. The van der Waals surface area contributed by atoms with Crippen LogP contribution in [0.3, 0.4) is 0 Å². The van der Waals surface area contributed by atoms with E-state index >= 15 is 0 Å². The summed E-state index contributed by atoms with van der Waals surface area (Å²) in [4.78, 5) is 9.45. The zero-order chi connectivity index (χ0) is 16.6. The molecular formula is C10H24O9P2. The van der Waals surface area contributed by atoms with Crippen LogP contribution in [-0.4, -0.2) is 34.3 Å². The van der Waals surface area contributed by atoms with Crippen LogP contribution in [0.15, 0.2) is 0 Å². The molecule has 0 heterocycles. The lowest BCUT2D eigenvalue weighted by atomic mass is 10.4. The second-order valence-electron chi connectivity index (χ2n) is 4.40. The van der Waals surface area contributed by atoms with Crippen molar-refractivity contribution in [1.29, 1.82) is 0 Å². The van der Waals surface area contributed by atoms with Gasteiger partial charge >= 0.3 is 15.6 Å². The van der Waals surface area contributed by atoms with Crippen molar-refractivity contribution >= 4 is 15.6 Å². The molecule has 2 unspecified atom stereocenters. The molecule has 0 aliphatic rings. The number of hydrogen-bond donors (Lipinski definition) is 3. The number of phosphoric acid groups is 2. The molecule has 0 fully saturated rings. The van der Waals surface area contributed by atoms with Crippen LogP contribution in [0.5, 0.6) is 0 Å². The molecular weight excluding hydrogens is 326 g/mol. The van der Waals surface area contributed by atoms with Crippen LogP contribution < -0.4 is 0 Å². The summed E-state index contributed by atoms with van der Waals surface area (Å²) in [6.45, 7) is 4.24. The third kappa shape index (κ3) is 11.4. The first kappa shape index (κ1) is 21.2. The fourth-order valence-corrected chi connectivity index (χ4v) is 3.78. The van der Waals surface area contributed by atoms with E-state index < -0.39 is 21.6 Å². The molecule has 0 saturated heterocycles. The highest BCUT2D eigenvalue weighted by Gasteiger charge is 2.42. The highest BCUT2D eigenvalue weighted by atomic mass is 31.3. The average Bonchev–Trinajstić information content (AvgIpc) is 2.25. The molecule has 0 radical (unpaired) electrons.